The third kappa shape index (κ3) is 3.35. The molecule has 0 heterocycles. The summed E-state index contributed by atoms with van der Waals surface area (Å²) in [4.78, 5) is 0. The number of hydrogen-bond donors (Lipinski definition) is 1. The number of benzene rings is 2. The second kappa shape index (κ2) is 7.12. The molecule has 0 amide bonds. The van der Waals surface area contributed by atoms with Crippen LogP contribution in [0.25, 0.3) is 0 Å². The molecular weight excluding hydrogens is 289 g/mol. The maximum Gasteiger partial charge on any atom is 0.0643 e. The minimum atomic E-state index is 0.0673. The summed E-state index contributed by atoms with van der Waals surface area (Å²) in [6.45, 7) is 5.12. The van der Waals surface area contributed by atoms with E-state index in [0.717, 1.165) is 18.5 Å². The average Bonchev–Trinajstić information content (AvgIpc) is 2.48. The molecular formula is C17H19Cl2N. The summed E-state index contributed by atoms with van der Waals surface area (Å²) in [5, 5.41) is 4.71. The van der Waals surface area contributed by atoms with Gasteiger partial charge in [-0.15, -0.1) is 0 Å². The first-order valence-electron chi connectivity index (χ1n) is 6.93. The lowest BCUT2D eigenvalue weighted by Gasteiger charge is -2.21. The van der Waals surface area contributed by atoms with E-state index < -0.39 is 0 Å². The van der Waals surface area contributed by atoms with Crippen LogP contribution in [-0.2, 0) is 6.42 Å². The van der Waals surface area contributed by atoms with Gasteiger partial charge in [0.2, 0.25) is 0 Å². The highest BCUT2D eigenvalue weighted by Crippen LogP contribution is 2.33. The van der Waals surface area contributed by atoms with E-state index in [0.29, 0.717) is 10.0 Å². The van der Waals surface area contributed by atoms with E-state index in [2.05, 4.69) is 43.4 Å². The van der Waals surface area contributed by atoms with E-state index in [-0.39, 0.29) is 6.04 Å². The van der Waals surface area contributed by atoms with E-state index in [1.54, 1.807) is 0 Å². The van der Waals surface area contributed by atoms with Crippen LogP contribution < -0.4 is 5.32 Å². The monoisotopic (exact) mass is 307 g/mol. The van der Waals surface area contributed by atoms with Crippen molar-refractivity contribution in [3.63, 3.8) is 0 Å². The van der Waals surface area contributed by atoms with Crippen molar-refractivity contribution in [1.29, 1.82) is 0 Å². The molecule has 0 aromatic heterocycles. The van der Waals surface area contributed by atoms with Gasteiger partial charge in [-0.3, -0.25) is 0 Å². The van der Waals surface area contributed by atoms with Gasteiger partial charge in [0.15, 0.2) is 0 Å². The van der Waals surface area contributed by atoms with Gasteiger partial charge in [0.25, 0.3) is 0 Å². The predicted molar refractivity (Wildman–Crippen MR) is 87.8 cm³/mol. The van der Waals surface area contributed by atoms with Crippen LogP contribution >= 0.6 is 23.2 Å². The lowest BCUT2D eigenvalue weighted by Crippen LogP contribution is -2.22. The van der Waals surface area contributed by atoms with Gasteiger partial charge in [0.05, 0.1) is 16.1 Å². The molecule has 0 aliphatic rings. The summed E-state index contributed by atoms with van der Waals surface area (Å²) < 4.78 is 0. The molecule has 1 unspecified atom stereocenters. The van der Waals surface area contributed by atoms with Crippen molar-refractivity contribution in [2.75, 3.05) is 6.54 Å². The van der Waals surface area contributed by atoms with Gasteiger partial charge in [-0.2, -0.15) is 0 Å². The lowest BCUT2D eigenvalue weighted by molar-refractivity contribution is 0.630. The van der Waals surface area contributed by atoms with Gasteiger partial charge >= 0.3 is 0 Å². The van der Waals surface area contributed by atoms with Gasteiger partial charge in [-0.05, 0) is 35.7 Å². The molecule has 20 heavy (non-hydrogen) atoms. The Bertz CT molecular complexity index is 581. The molecule has 2 aromatic rings. The van der Waals surface area contributed by atoms with E-state index in [1.165, 1.54) is 11.1 Å². The lowest BCUT2D eigenvalue weighted by atomic mass is 9.96. The molecule has 0 saturated carbocycles. The highest BCUT2D eigenvalue weighted by molar-refractivity contribution is 6.42. The van der Waals surface area contributed by atoms with Crippen molar-refractivity contribution >= 4 is 23.2 Å². The molecule has 0 spiro atoms. The zero-order valence-corrected chi connectivity index (χ0v) is 13.3. The Morgan fingerprint density at radius 2 is 1.80 bits per heavy atom. The van der Waals surface area contributed by atoms with Crippen LogP contribution in [0, 0.1) is 0 Å². The fraction of sp³-hybridized carbons (Fsp3) is 0.294. The van der Waals surface area contributed by atoms with Gasteiger partial charge in [-0.1, -0.05) is 73.4 Å². The summed E-state index contributed by atoms with van der Waals surface area (Å²) in [5.74, 6) is 0. The first-order valence-corrected chi connectivity index (χ1v) is 7.69. The molecule has 0 aliphatic heterocycles. The third-order valence-electron chi connectivity index (χ3n) is 3.39. The van der Waals surface area contributed by atoms with E-state index in [1.807, 2.05) is 18.2 Å². The maximum absolute atomic E-state index is 6.38. The minimum absolute atomic E-state index is 0.0673. The van der Waals surface area contributed by atoms with Crippen molar-refractivity contribution in [3.05, 3.63) is 69.2 Å². The predicted octanol–water partition coefficient (Wildman–Crippen LogP) is 5.25. The number of aryl methyl sites for hydroxylation is 1. The fourth-order valence-corrected chi connectivity index (χ4v) is 2.76. The Kier molecular flexibility index (Phi) is 5.47. The summed E-state index contributed by atoms with van der Waals surface area (Å²) in [6, 6.07) is 14.5. The molecule has 3 heteroatoms. The van der Waals surface area contributed by atoms with Gasteiger partial charge in [0.1, 0.15) is 0 Å². The Morgan fingerprint density at radius 3 is 2.50 bits per heavy atom. The van der Waals surface area contributed by atoms with Crippen molar-refractivity contribution in [3.8, 4) is 0 Å². The van der Waals surface area contributed by atoms with Crippen LogP contribution in [-0.4, -0.2) is 6.54 Å². The summed E-state index contributed by atoms with van der Waals surface area (Å²) in [5.41, 5.74) is 3.56. The van der Waals surface area contributed by atoms with Gasteiger partial charge in [-0.25, -0.2) is 0 Å². The highest BCUT2D eigenvalue weighted by atomic mass is 35.5. The second-order valence-electron chi connectivity index (χ2n) is 4.73. The Balaban J connectivity index is 2.47. The SMILES string of the molecule is CCNC(c1cccc(CC)c1)c1cccc(Cl)c1Cl. The molecule has 106 valence electrons. The molecule has 1 nitrogen and oxygen atoms in total. The Labute approximate surface area is 130 Å². The van der Waals surface area contributed by atoms with E-state index in [9.17, 15) is 0 Å². The number of hydrogen-bond acceptors (Lipinski definition) is 1. The van der Waals surface area contributed by atoms with Crippen molar-refractivity contribution in [2.45, 2.75) is 26.3 Å². The number of halogens is 2. The van der Waals surface area contributed by atoms with Crippen molar-refractivity contribution in [2.24, 2.45) is 0 Å². The summed E-state index contributed by atoms with van der Waals surface area (Å²) in [6.07, 6.45) is 1.02. The highest BCUT2D eigenvalue weighted by Gasteiger charge is 2.17. The van der Waals surface area contributed by atoms with Crippen molar-refractivity contribution in [1.82, 2.24) is 5.32 Å². The molecule has 1 N–H and O–H groups in total. The number of nitrogens with one attached hydrogen (secondary N) is 1. The van der Waals surface area contributed by atoms with Crippen LogP contribution in [0.5, 0.6) is 0 Å². The third-order valence-corrected chi connectivity index (χ3v) is 4.23. The molecule has 0 bridgehead atoms. The van der Waals surface area contributed by atoms with Crippen LogP contribution in [0.1, 0.15) is 36.6 Å². The quantitative estimate of drug-likeness (QED) is 0.795. The maximum atomic E-state index is 6.38. The molecule has 2 rings (SSSR count). The molecule has 0 fully saturated rings. The first kappa shape index (κ1) is 15.4. The van der Waals surface area contributed by atoms with Crippen LogP contribution in [0.2, 0.25) is 10.0 Å². The fourth-order valence-electron chi connectivity index (χ4n) is 2.35. The van der Waals surface area contributed by atoms with Crippen molar-refractivity contribution < 1.29 is 0 Å². The first-order chi connectivity index (χ1) is 9.67. The average molecular weight is 308 g/mol. The van der Waals surface area contributed by atoms with E-state index >= 15 is 0 Å². The largest absolute Gasteiger partial charge is 0.306 e. The molecule has 0 saturated heterocycles. The zero-order chi connectivity index (χ0) is 14.5. The zero-order valence-electron chi connectivity index (χ0n) is 11.8. The van der Waals surface area contributed by atoms with Gasteiger partial charge in [0, 0.05) is 0 Å². The second-order valence-corrected chi connectivity index (χ2v) is 5.52. The standard InChI is InChI=1S/C17H19Cl2N/c1-3-12-7-5-8-13(11-12)17(20-4-2)14-9-6-10-15(18)16(14)19/h5-11,17,20H,3-4H2,1-2H3. The Hall–Kier alpha value is -1.02. The molecule has 2 aromatic carbocycles. The molecule has 0 radical (unpaired) electrons. The molecule has 1 atom stereocenters. The van der Waals surface area contributed by atoms with Gasteiger partial charge < -0.3 is 5.32 Å². The minimum Gasteiger partial charge on any atom is -0.306 e. The topological polar surface area (TPSA) is 12.0 Å². The van der Waals surface area contributed by atoms with Crippen LogP contribution in [0.3, 0.4) is 0 Å². The summed E-state index contributed by atoms with van der Waals surface area (Å²) >= 11 is 12.5. The molecule has 0 aliphatic carbocycles. The number of rotatable bonds is 5. The van der Waals surface area contributed by atoms with Crippen LogP contribution in [0.15, 0.2) is 42.5 Å². The van der Waals surface area contributed by atoms with Crippen LogP contribution in [0.4, 0.5) is 0 Å². The summed E-state index contributed by atoms with van der Waals surface area (Å²) in [7, 11) is 0. The Morgan fingerprint density at radius 1 is 1.05 bits per heavy atom. The van der Waals surface area contributed by atoms with E-state index in [4.69, 9.17) is 23.2 Å². The smallest absolute Gasteiger partial charge is 0.0643 e. The normalized spacial score (nSPS) is 12.4.